The van der Waals surface area contributed by atoms with Gasteiger partial charge in [0.25, 0.3) is 5.91 Å². The largest absolute Gasteiger partial charge is 0.479 e. The molecule has 2 aromatic carbocycles. The fraction of sp³-hybridized carbons (Fsp3) is 0.333. The lowest BCUT2D eigenvalue weighted by molar-refractivity contribution is -0.122. The number of amides is 2. The molecule has 0 unspecified atom stereocenters. The number of benzene rings is 2. The van der Waals surface area contributed by atoms with Crippen molar-refractivity contribution < 1.29 is 27.1 Å². The van der Waals surface area contributed by atoms with E-state index in [4.69, 9.17) is 16.3 Å². The molecule has 0 spiro atoms. The molecular weight excluding hydrogens is 461 g/mol. The van der Waals surface area contributed by atoms with Crippen LogP contribution in [0.25, 0.3) is 0 Å². The Labute approximate surface area is 189 Å². The Morgan fingerprint density at radius 1 is 1.31 bits per heavy atom. The molecule has 0 saturated carbocycles. The zero-order chi connectivity index (χ0) is 23.2. The van der Waals surface area contributed by atoms with E-state index in [2.05, 4.69) is 10.6 Å². The fourth-order valence-corrected chi connectivity index (χ4v) is 5.94. The number of hydrogen-bond donors (Lipinski definition) is 2. The highest BCUT2D eigenvalue weighted by molar-refractivity contribution is 7.89. The summed E-state index contributed by atoms with van der Waals surface area (Å²) in [6.07, 6.45) is 0.0750. The number of anilines is 2. The summed E-state index contributed by atoms with van der Waals surface area (Å²) in [5.41, 5.74) is 1.01. The molecule has 2 N–H and O–H groups in total. The second kappa shape index (κ2) is 8.34. The average Bonchev–Trinajstić information content (AvgIpc) is 3.22. The number of rotatable bonds is 4. The van der Waals surface area contributed by atoms with Crippen LogP contribution in [0, 0.1) is 12.7 Å². The first-order chi connectivity index (χ1) is 15.1. The molecule has 4 rings (SSSR count). The van der Waals surface area contributed by atoms with Gasteiger partial charge in [0.2, 0.25) is 15.9 Å². The Morgan fingerprint density at radius 2 is 2.06 bits per heavy atom. The SMILES string of the molecule is Cc1cc2c(cc1S(=O)(=O)N1CCC[C@@H]1C(=O)Nc1ccc(F)cc1Cl)O[C@H](C)C(=O)N2. The van der Waals surface area contributed by atoms with Crippen molar-refractivity contribution in [1.29, 1.82) is 0 Å². The van der Waals surface area contributed by atoms with E-state index in [1.165, 1.54) is 18.2 Å². The van der Waals surface area contributed by atoms with Gasteiger partial charge in [-0.25, -0.2) is 12.8 Å². The second-order valence-electron chi connectivity index (χ2n) is 7.75. The number of ether oxygens (including phenoxy) is 1. The van der Waals surface area contributed by atoms with Crippen LogP contribution in [0.2, 0.25) is 5.02 Å². The van der Waals surface area contributed by atoms with E-state index < -0.39 is 33.9 Å². The van der Waals surface area contributed by atoms with Crippen molar-refractivity contribution >= 4 is 44.8 Å². The fourth-order valence-electron chi connectivity index (χ4n) is 3.84. The summed E-state index contributed by atoms with van der Waals surface area (Å²) in [6, 6.07) is 5.51. The quantitative estimate of drug-likeness (QED) is 0.697. The zero-order valence-electron chi connectivity index (χ0n) is 17.3. The molecule has 32 heavy (non-hydrogen) atoms. The lowest BCUT2D eigenvalue weighted by Gasteiger charge is -2.27. The minimum Gasteiger partial charge on any atom is -0.479 e. The number of halogens is 2. The highest BCUT2D eigenvalue weighted by Gasteiger charge is 2.41. The van der Waals surface area contributed by atoms with Crippen molar-refractivity contribution in [1.82, 2.24) is 4.31 Å². The third-order valence-corrected chi connectivity index (χ3v) is 7.85. The summed E-state index contributed by atoms with van der Waals surface area (Å²) in [5, 5.41) is 5.30. The number of nitrogens with zero attached hydrogens (tertiary/aromatic N) is 1. The molecule has 1 fully saturated rings. The molecule has 0 aliphatic carbocycles. The molecule has 170 valence electrons. The molecule has 11 heteroatoms. The van der Waals surface area contributed by atoms with E-state index in [1.54, 1.807) is 13.8 Å². The summed E-state index contributed by atoms with van der Waals surface area (Å²) >= 11 is 5.98. The molecule has 0 aromatic heterocycles. The van der Waals surface area contributed by atoms with Gasteiger partial charge >= 0.3 is 0 Å². The minimum atomic E-state index is -4.05. The van der Waals surface area contributed by atoms with Gasteiger partial charge in [-0.15, -0.1) is 0 Å². The first kappa shape index (κ1) is 22.5. The van der Waals surface area contributed by atoms with Crippen molar-refractivity contribution in [3.05, 3.63) is 46.7 Å². The highest BCUT2D eigenvalue weighted by Crippen LogP contribution is 2.37. The summed E-state index contributed by atoms with van der Waals surface area (Å²) in [4.78, 5) is 24.7. The van der Waals surface area contributed by atoms with Crippen molar-refractivity contribution in [2.45, 2.75) is 43.7 Å². The van der Waals surface area contributed by atoms with Gasteiger partial charge in [-0.05, 0) is 56.5 Å². The summed E-state index contributed by atoms with van der Waals surface area (Å²) in [5.74, 6) is -1.16. The van der Waals surface area contributed by atoms with Crippen LogP contribution in [0.1, 0.15) is 25.3 Å². The maximum absolute atomic E-state index is 13.5. The Hall–Kier alpha value is -2.69. The van der Waals surface area contributed by atoms with Gasteiger partial charge < -0.3 is 15.4 Å². The van der Waals surface area contributed by atoms with Gasteiger partial charge in [0.15, 0.2) is 6.10 Å². The van der Waals surface area contributed by atoms with Crippen LogP contribution >= 0.6 is 11.6 Å². The molecule has 2 aromatic rings. The number of carbonyl (C=O) groups excluding carboxylic acids is 2. The van der Waals surface area contributed by atoms with Gasteiger partial charge in [-0.2, -0.15) is 4.31 Å². The molecule has 2 heterocycles. The van der Waals surface area contributed by atoms with Crippen molar-refractivity contribution in [2.24, 2.45) is 0 Å². The first-order valence-corrected chi connectivity index (χ1v) is 11.8. The van der Waals surface area contributed by atoms with E-state index in [1.807, 2.05) is 0 Å². The lowest BCUT2D eigenvalue weighted by atomic mass is 10.1. The third-order valence-electron chi connectivity index (χ3n) is 5.49. The maximum atomic E-state index is 13.5. The van der Waals surface area contributed by atoms with E-state index in [0.29, 0.717) is 24.1 Å². The summed E-state index contributed by atoms with van der Waals surface area (Å²) < 4.78 is 47.0. The molecule has 8 nitrogen and oxygen atoms in total. The van der Waals surface area contributed by atoms with Crippen LogP contribution in [-0.2, 0) is 19.6 Å². The van der Waals surface area contributed by atoms with Crippen LogP contribution < -0.4 is 15.4 Å². The topological polar surface area (TPSA) is 105 Å². The predicted molar refractivity (Wildman–Crippen MR) is 117 cm³/mol. The Morgan fingerprint density at radius 3 is 2.78 bits per heavy atom. The molecule has 2 atom stereocenters. The molecule has 2 amide bonds. The van der Waals surface area contributed by atoms with E-state index >= 15 is 0 Å². The van der Waals surface area contributed by atoms with Crippen molar-refractivity contribution in [3.63, 3.8) is 0 Å². The number of sulfonamides is 1. The Bertz CT molecular complexity index is 1220. The van der Waals surface area contributed by atoms with Crippen molar-refractivity contribution in [3.8, 4) is 5.75 Å². The standard InChI is InChI=1S/C21H21ClFN3O5S/c1-11-8-16-18(31-12(2)20(27)25-16)10-19(11)32(29,30)26-7-3-4-17(26)21(28)24-15-6-5-13(23)9-14(15)22/h5-6,8-10,12,17H,3-4,7H2,1-2H3,(H,24,28)(H,25,27)/t12-,17-/m1/s1. The van der Waals surface area contributed by atoms with E-state index in [0.717, 1.165) is 16.4 Å². The van der Waals surface area contributed by atoms with E-state index in [9.17, 15) is 22.4 Å². The molecule has 2 aliphatic heterocycles. The average molecular weight is 482 g/mol. The number of carbonyl (C=O) groups is 2. The minimum absolute atomic E-state index is 0.000821. The van der Waals surface area contributed by atoms with Crippen LogP contribution in [-0.4, -0.2) is 43.2 Å². The molecule has 0 radical (unpaired) electrons. The summed E-state index contributed by atoms with van der Waals surface area (Å²) in [6.45, 7) is 3.34. The Balaban J connectivity index is 1.63. The molecule has 2 aliphatic rings. The second-order valence-corrected chi connectivity index (χ2v) is 10.0. The maximum Gasteiger partial charge on any atom is 0.265 e. The van der Waals surface area contributed by atoms with Gasteiger partial charge in [0.1, 0.15) is 17.6 Å². The molecule has 0 bridgehead atoms. The van der Waals surface area contributed by atoms with Gasteiger partial charge in [-0.3, -0.25) is 9.59 Å². The van der Waals surface area contributed by atoms with Gasteiger partial charge in [-0.1, -0.05) is 11.6 Å². The molecule has 1 saturated heterocycles. The van der Waals surface area contributed by atoms with Crippen LogP contribution in [0.5, 0.6) is 5.75 Å². The number of aryl methyl sites for hydroxylation is 1. The first-order valence-electron chi connectivity index (χ1n) is 9.98. The van der Waals surface area contributed by atoms with Crippen LogP contribution in [0.3, 0.4) is 0 Å². The lowest BCUT2D eigenvalue weighted by Crippen LogP contribution is -2.43. The van der Waals surface area contributed by atoms with Crippen LogP contribution in [0.15, 0.2) is 35.2 Å². The monoisotopic (exact) mass is 481 g/mol. The zero-order valence-corrected chi connectivity index (χ0v) is 18.9. The van der Waals surface area contributed by atoms with Gasteiger partial charge in [0.05, 0.1) is 21.3 Å². The smallest absolute Gasteiger partial charge is 0.265 e. The third kappa shape index (κ3) is 4.05. The number of fused-ring (bicyclic) bond motifs is 1. The predicted octanol–water partition coefficient (Wildman–Crippen LogP) is 3.30. The summed E-state index contributed by atoms with van der Waals surface area (Å²) in [7, 11) is -4.05. The molecular formula is C21H21ClFN3O5S. The normalized spacial score (nSPS) is 20.9. The van der Waals surface area contributed by atoms with Crippen LogP contribution in [0.4, 0.5) is 15.8 Å². The Kier molecular flexibility index (Phi) is 5.87. The highest BCUT2D eigenvalue weighted by atomic mass is 35.5. The number of hydrogen-bond acceptors (Lipinski definition) is 5. The van der Waals surface area contributed by atoms with Gasteiger partial charge in [0, 0.05) is 12.6 Å². The number of nitrogens with one attached hydrogen (secondary N) is 2. The van der Waals surface area contributed by atoms with Crippen molar-refractivity contribution in [2.75, 3.05) is 17.2 Å². The van der Waals surface area contributed by atoms with E-state index in [-0.39, 0.29) is 33.8 Å².